The van der Waals surface area contributed by atoms with Gasteiger partial charge in [-0.1, -0.05) is 0 Å². The molecule has 0 aliphatic carbocycles. The van der Waals surface area contributed by atoms with E-state index in [0.717, 1.165) is 49.3 Å². The van der Waals surface area contributed by atoms with Crippen LogP contribution in [0.3, 0.4) is 0 Å². The minimum absolute atomic E-state index is 0.0367. The van der Waals surface area contributed by atoms with Crippen LogP contribution >= 0.6 is 0 Å². The van der Waals surface area contributed by atoms with Gasteiger partial charge in [-0.05, 0) is 72.8 Å². The van der Waals surface area contributed by atoms with Gasteiger partial charge in [0, 0.05) is 0 Å². The number of nitrogens with one attached hydrogen (secondary N) is 4. The largest absolute Gasteiger partial charge is 0.463 e. The molecule has 0 spiro atoms. The summed E-state index contributed by atoms with van der Waals surface area (Å²) >= 11 is 0. The highest BCUT2D eigenvalue weighted by Crippen LogP contribution is 2.34. The van der Waals surface area contributed by atoms with E-state index in [9.17, 15) is 51.9 Å². The molecule has 9 rings (SSSR count). The van der Waals surface area contributed by atoms with Crippen molar-refractivity contribution in [2.45, 2.75) is 19.6 Å². The number of hydrogen-bond donors (Lipinski definition) is 8. The van der Waals surface area contributed by atoms with Crippen LogP contribution in [0.1, 0.15) is 45.8 Å². The molecule has 20 nitrogen and oxygen atoms in total. The molecule has 308 valence electrons. The average molecular weight is 897 g/mol. The maximum atomic E-state index is 12.6. The van der Waals surface area contributed by atoms with Crippen LogP contribution in [0.2, 0.25) is 0 Å². The number of H-pyrrole nitrogens is 4. The average Bonchev–Trinajstić information content (AvgIpc) is 3.98. The Morgan fingerprint density at radius 1 is 0.317 bits per heavy atom. The van der Waals surface area contributed by atoms with Crippen LogP contribution in [-0.2, 0) is 40.5 Å². The summed E-state index contributed by atoms with van der Waals surface area (Å²) < 4.78 is 164. The second-order valence-electron chi connectivity index (χ2n) is 13.0. The molecule has 24 heteroatoms. The lowest BCUT2D eigenvalue weighted by Crippen LogP contribution is -2.20. The van der Waals surface area contributed by atoms with Crippen molar-refractivity contribution in [2.75, 3.05) is 0 Å². The smallest absolute Gasteiger partial charge is 0.298 e. The molecule has 60 heavy (non-hydrogen) atoms. The maximum absolute atomic E-state index is 12.6. The molecule has 0 saturated heterocycles. The third-order valence-corrected chi connectivity index (χ3v) is 12.9. The van der Waals surface area contributed by atoms with Crippen LogP contribution < -0.4 is 21.4 Å². The number of fused-ring (bicyclic) bond motifs is 8. The van der Waals surface area contributed by atoms with Crippen molar-refractivity contribution < 1.29 is 69.6 Å². The number of furan rings is 4. The molecule has 0 radical (unpaired) electrons. The van der Waals surface area contributed by atoms with Gasteiger partial charge in [0.1, 0.15) is 19.6 Å². The lowest BCUT2D eigenvalue weighted by atomic mass is 10.1. The molecule has 1 aliphatic heterocycles. The minimum atomic E-state index is -4.94. The Bertz CT molecular complexity index is 3300. The normalized spacial score (nSPS) is 14.1. The molecule has 0 aromatic carbocycles. The molecule has 8 N–H and O–H groups in total. The van der Waals surface area contributed by atoms with Crippen LogP contribution in [0.15, 0.2) is 135 Å². The summed E-state index contributed by atoms with van der Waals surface area (Å²) in [7, 11) is -19.7. The quantitative estimate of drug-likeness (QED) is 0.101. The van der Waals surface area contributed by atoms with Gasteiger partial charge in [-0.2, -0.15) is 33.7 Å². The first-order valence-corrected chi connectivity index (χ1v) is 22.5. The van der Waals surface area contributed by atoms with Crippen molar-refractivity contribution in [1.82, 2.24) is 19.9 Å². The predicted molar refractivity (Wildman–Crippen MR) is 202 cm³/mol. The highest BCUT2D eigenvalue weighted by atomic mass is 32.2. The Balaban J connectivity index is 1.49. The van der Waals surface area contributed by atoms with Gasteiger partial charge in [0.15, 0.2) is 23.0 Å². The van der Waals surface area contributed by atoms with Gasteiger partial charge >= 0.3 is 0 Å². The van der Waals surface area contributed by atoms with Crippen molar-refractivity contribution >= 4 is 62.8 Å². The summed E-state index contributed by atoms with van der Waals surface area (Å²) in [6.45, 7) is 0. The summed E-state index contributed by atoms with van der Waals surface area (Å²) in [6.07, 6.45) is 4.04. The molecular weight excluding hydrogens is 873 g/mol. The topological polar surface area (TPSA) is 333 Å². The van der Waals surface area contributed by atoms with Crippen LogP contribution in [0.25, 0.3) is 22.3 Å². The Morgan fingerprint density at radius 2 is 0.533 bits per heavy atom. The molecule has 0 fully saturated rings. The van der Waals surface area contributed by atoms with Crippen molar-refractivity contribution in [3.63, 3.8) is 0 Å². The van der Waals surface area contributed by atoms with E-state index >= 15 is 0 Å². The van der Waals surface area contributed by atoms with E-state index in [1.807, 2.05) is 0 Å². The maximum Gasteiger partial charge on any atom is 0.298 e. The summed E-state index contributed by atoms with van der Waals surface area (Å²) in [5, 5.41) is 0.317. The fraction of sp³-hybridized carbons (Fsp3) is 0. The van der Waals surface area contributed by atoms with Crippen LogP contribution in [-0.4, -0.2) is 71.8 Å². The van der Waals surface area contributed by atoms with E-state index in [0.29, 0.717) is 0 Å². The summed E-state index contributed by atoms with van der Waals surface area (Å²) in [5.74, 6) is -1.52. The van der Waals surface area contributed by atoms with E-state index in [1.54, 1.807) is 0 Å². The second-order valence-corrected chi connectivity index (χ2v) is 18.6. The Morgan fingerprint density at radius 3 is 0.733 bits per heavy atom. The van der Waals surface area contributed by atoms with Crippen molar-refractivity contribution in [2.24, 2.45) is 0 Å². The van der Waals surface area contributed by atoms with Crippen LogP contribution in [0.4, 0.5) is 0 Å². The standard InChI is InChI=1S/C36H24N4O16S4/c41-57(42,43)25-9-13-53-33(25)29-17-1-2-18(37-17)30(34-26(10-14-54-34)58(44,45)46)20-5-6-22(39-20)32(36-28(12-16-56-36)60(50,51)52)24-8-7-23(40-24)31(21-4-3-19(29)38-21)35-27(11-15-55-35)59(47,48)49/h1-16,37-40H,(H,41,42,43)(H,44,45,46)(H,47,48,49)(H,50,51,52). The fourth-order valence-electron chi connectivity index (χ4n) is 7.04. The predicted octanol–water partition coefficient (Wildman–Crippen LogP) is 1.66. The van der Waals surface area contributed by atoms with Crippen molar-refractivity contribution in [3.8, 4) is 0 Å². The lowest BCUT2D eigenvalue weighted by Gasteiger charge is -2.08. The van der Waals surface area contributed by atoms with Gasteiger partial charge in [0.05, 0.1) is 91.5 Å². The number of aromatic nitrogens is 4. The number of aromatic amines is 4. The van der Waals surface area contributed by atoms with E-state index in [2.05, 4.69) is 19.9 Å². The van der Waals surface area contributed by atoms with Gasteiger partial charge in [-0.25, -0.2) is 0 Å². The number of hydrogen-bond acceptors (Lipinski definition) is 12. The first kappa shape index (κ1) is 38.9. The van der Waals surface area contributed by atoms with E-state index < -0.39 is 60.1 Å². The zero-order valence-corrected chi connectivity index (χ0v) is 32.8. The second kappa shape index (κ2) is 13.4. The van der Waals surface area contributed by atoms with E-state index in [4.69, 9.17) is 17.7 Å². The number of rotatable bonds is 8. The molecule has 0 atom stereocenters. The molecule has 0 saturated carbocycles. The molecule has 0 unspecified atom stereocenters. The van der Waals surface area contributed by atoms with Crippen molar-refractivity contribution in [1.29, 1.82) is 0 Å². The van der Waals surface area contributed by atoms with Gasteiger partial charge < -0.3 is 37.6 Å². The fourth-order valence-corrected chi connectivity index (χ4v) is 9.49. The molecule has 8 aromatic heterocycles. The van der Waals surface area contributed by atoms with Gasteiger partial charge in [0.25, 0.3) is 40.5 Å². The molecule has 9 heterocycles. The van der Waals surface area contributed by atoms with Gasteiger partial charge in [-0.15, -0.1) is 0 Å². The van der Waals surface area contributed by atoms with Crippen LogP contribution in [0.5, 0.6) is 0 Å². The van der Waals surface area contributed by atoms with Gasteiger partial charge in [0.2, 0.25) is 0 Å². The third kappa shape index (κ3) is 6.52. The summed E-state index contributed by atoms with van der Waals surface area (Å²) in [5.41, 5.74) is 0.170. The SMILES string of the molecule is O=S(=O)(O)c1ccoc1C1=c2ccc([nH]2)=C(c2occc2S(=O)(=O)O)c2ccc([nH]2)C(c2occc2S(=O)(=O)O)=c2ccc([nH]2)=C(c2occc2S(=O)(=O)O)c2ccc1[nH]2. The molecular formula is C36H24N4O16S4. The molecule has 8 bridgehead atoms. The van der Waals surface area contributed by atoms with E-state index in [-0.39, 0.29) is 89.5 Å². The first-order chi connectivity index (χ1) is 28.3. The Kier molecular flexibility index (Phi) is 8.71. The zero-order chi connectivity index (χ0) is 42.5. The van der Waals surface area contributed by atoms with Crippen molar-refractivity contribution in [3.05, 3.63) is 165 Å². The monoisotopic (exact) mass is 896 g/mol. The molecule has 1 aliphatic rings. The highest BCUT2D eigenvalue weighted by molar-refractivity contribution is 7.86. The van der Waals surface area contributed by atoms with E-state index in [1.165, 1.54) is 48.5 Å². The Hall–Kier alpha value is -6.64. The Labute approximate surface area is 335 Å². The molecule has 0 amide bonds. The van der Waals surface area contributed by atoms with Crippen LogP contribution in [0, 0.1) is 0 Å². The summed E-state index contributed by atoms with van der Waals surface area (Å²) in [4.78, 5) is 9.77. The van der Waals surface area contributed by atoms with Gasteiger partial charge in [-0.3, -0.25) is 18.2 Å². The third-order valence-electron chi connectivity index (χ3n) is 9.43. The highest BCUT2D eigenvalue weighted by Gasteiger charge is 2.31. The summed E-state index contributed by atoms with van der Waals surface area (Å²) in [6, 6.07) is 15.6. The zero-order valence-electron chi connectivity index (χ0n) is 29.6. The molecule has 8 aromatic rings. The lowest BCUT2D eigenvalue weighted by molar-refractivity contribution is 0.475. The first-order valence-electron chi connectivity index (χ1n) is 16.8. The minimum Gasteiger partial charge on any atom is -0.463 e.